The van der Waals surface area contributed by atoms with Crippen LogP contribution in [-0.4, -0.2) is 22.6 Å². The Morgan fingerprint density at radius 1 is 1.48 bits per heavy atom. The molecule has 1 atom stereocenters. The van der Waals surface area contributed by atoms with Crippen molar-refractivity contribution in [3.05, 3.63) is 42.9 Å². The summed E-state index contributed by atoms with van der Waals surface area (Å²) >= 11 is 3.40. The molecule has 0 bridgehead atoms. The Labute approximate surface area is 127 Å². The number of carbonyl (C=O) groups excluding carboxylic acids is 1. The number of methoxy groups -OCH3 is 1. The van der Waals surface area contributed by atoms with Gasteiger partial charge in [-0.05, 0) is 30.5 Å². The highest BCUT2D eigenvalue weighted by Gasteiger charge is 2.26. The van der Waals surface area contributed by atoms with Gasteiger partial charge in [0.05, 0.1) is 24.6 Å². The minimum absolute atomic E-state index is 0.0878. The van der Waals surface area contributed by atoms with Crippen LogP contribution in [-0.2, 0) is 16.0 Å². The summed E-state index contributed by atoms with van der Waals surface area (Å²) in [6.45, 7) is 0. The number of carbonyl (C=O) groups is 1. The summed E-state index contributed by atoms with van der Waals surface area (Å²) in [6.07, 6.45) is 1.45. The maximum atomic E-state index is 12.2. The highest BCUT2D eigenvalue weighted by Crippen LogP contribution is 2.32. The van der Waals surface area contributed by atoms with E-state index >= 15 is 0 Å². The molecule has 0 saturated carbocycles. The average Bonchev–Trinajstić information content (AvgIpc) is 2.45. The molecule has 1 unspecified atom stereocenters. The van der Waals surface area contributed by atoms with Gasteiger partial charge in [-0.3, -0.25) is 19.0 Å². The van der Waals surface area contributed by atoms with Gasteiger partial charge in [0, 0.05) is 10.5 Å². The van der Waals surface area contributed by atoms with Crippen LogP contribution < -0.4 is 11.1 Å². The van der Waals surface area contributed by atoms with Crippen molar-refractivity contribution >= 4 is 32.9 Å². The molecule has 0 saturated heterocycles. The van der Waals surface area contributed by atoms with Crippen LogP contribution in [0.25, 0.3) is 11.0 Å². The molecule has 110 valence electrons. The summed E-state index contributed by atoms with van der Waals surface area (Å²) in [6, 6.07) is 3.35. The Morgan fingerprint density at radius 2 is 2.24 bits per heavy atom. The molecule has 2 aromatic rings. The maximum Gasteiger partial charge on any atom is 0.317 e. The molecular weight excluding hydrogens is 340 g/mol. The zero-order valence-electron chi connectivity index (χ0n) is 11.3. The predicted octanol–water partition coefficient (Wildman–Crippen LogP) is 1.50. The number of benzene rings is 1. The van der Waals surface area contributed by atoms with Crippen LogP contribution in [0.3, 0.4) is 0 Å². The maximum absolute atomic E-state index is 12.2. The monoisotopic (exact) mass is 352 g/mol. The second-order valence-corrected chi connectivity index (χ2v) is 5.98. The van der Waals surface area contributed by atoms with Crippen molar-refractivity contribution in [2.75, 3.05) is 7.11 Å². The third-order valence-electron chi connectivity index (χ3n) is 3.80. The summed E-state index contributed by atoms with van der Waals surface area (Å²) in [5.41, 5.74) is 0.971. The molecule has 0 fully saturated rings. The number of hydrogen-bond donors (Lipinski definition) is 1. The number of aromatic amines is 1. The lowest BCUT2D eigenvalue weighted by Crippen LogP contribution is -2.40. The summed E-state index contributed by atoms with van der Waals surface area (Å²) in [4.78, 5) is 38.2. The number of aryl methyl sites for hydroxylation is 1. The van der Waals surface area contributed by atoms with Gasteiger partial charge in [-0.1, -0.05) is 15.9 Å². The van der Waals surface area contributed by atoms with E-state index in [-0.39, 0.29) is 18.4 Å². The van der Waals surface area contributed by atoms with Crippen molar-refractivity contribution in [2.45, 2.75) is 25.3 Å². The number of ether oxygens (including phenoxy) is 1. The van der Waals surface area contributed by atoms with Crippen molar-refractivity contribution < 1.29 is 9.53 Å². The molecule has 6 nitrogen and oxygen atoms in total. The van der Waals surface area contributed by atoms with E-state index in [1.54, 1.807) is 6.07 Å². The van der Waals surface area contributed by atoms with Gasteiger partial charge in [0.15, 0.2) is 0 Å². The summed E-state index contributed by atoms with van der Waals surface area (Å²) in [7, 11) is 1.31. The molecule has 21 heavy (non-hydrogen) atoms. The van der Waals surface area contributed by atoms with Crippen molar-refractivity contribution in [1.29, 1.82) is 0 Å². The smallest absolute Gasteiger partial charge is 0.317 e. The first kappa shape index (κ1) is 14.1. The van der Waals surface area contributed by atoms with Crippen molar-refractivity contribution in [3.63, 3.8) is 0 Å². The molecule has 0 amide bonds. The van der Waals surface area contributed by atoms with Crippen LogP contribution >= 0.6 is 15.9 Å². The lowest BCUT2D eigenvalue weighted by atomic mass is 9.96. The Morgan fingerprint density at radius 3 is 2.95 bits per heavy atom. The second-order valence-electron chi connectivity index (χ2n) is 5.06. The lowest BCUT2D eigenvalue weighted by molar-refractivity contribution is -0.141. The molecule has 3 rings (SSSR count). The first-order valence-electron chi connectivity index (χ1n) is 6.55. The Balaban J connectivity index is 2.30. The quantitative estimate of drug-likeness (QED) is 0.655. The van der Waals surface area contributed by atoms with E-state index < -0.39 is 11.1 Å². The van der Waals surface area contributed by atoms with E-state index in [9.17, 15) is 14.4 Å². The number of aromatic nitrogens is 2. The van der Waals surface area contributed by atoms with Crippen LogP contribution in [0.2, 0.25) is 0 Å². The van der Waals surface area contributed by atoms with E-state index in [4.69, 9.17) is 0 Å². The zero-order chi connectivity index (χ0) is 15.1. The van der Waals surface area contributed by atoms with Crippen LogP contribution in [0.5, 0.6) is 0 Å². The van der Waals surface area contributed by atoms with Crippen LogP contribution in [0.1, 0.15) is 24.4 Å². The van der Waals surface area contributed by atoms with Crippen LogP contribution in [0.15, 0.2) is 26.2 Å². The highest BCUT2D eigenvalue weighted by molar-refractivity contribution is 9.10. The topological polar surface area (TPSA) is 81.2 Å². The standard InChI is InChI=1S/C14H13BrN2O4/c1-21-11(18)6-9-3-2-7-4-8(15)5-10-12(7)17(9)14(20)13(19)16-10/h4-5,9H,2-3,6H2,1H3,(H,16,19). The summed E-state index contributed by atoms with van der Waals surface area (Å²) in [5.74, 6) is -0.388. The van der Waals surface area contributed by atoms with Gasteiger partial charge in [-0.2, -0.15) is 0 Å². The van der Waals surface area contributed by atoms with Gasteiger partial charge in [0.1, 0.15) is 0 Å². The van der Waals surface area contributed by atoms with Crippen LogP contribution in [0, 0.1) is 0 Å². The first-order chi connectivity index (χ1) is 10.0. The number of H-pyrrole nitrogens is 1. The second kappa shape index (κ2) is 5.14. The van der Waals surface area contributed by atoms with E-state index in [0.717, 1.165) is 16.5 Å². The fourth-order valence-corrected chi connectivity index (χ4v) is 3.39. The van der Waals surface area contributed by atoms with Crippen molar-refractivity contribution in [1.82, 2.24) is 9.55 Å². The van der Waals surface area contributed by atoms with E-state index in [1.807, 2.05) is 6.07 Å². The highest BCUT2D eigenvalue weighted by atomic mass is 79.9. The minimum Gasteiger partial charge on any atom is -0.469 e. The SMILES string of the molecule is COC(=O)CC1CCc2cc(Br)cc3[nH]c(=O)c(=O)n1c23. The largest absolute Gasteiger partial charge is 0.469 e. The molecule has 0 radical (unpaired) electrons. The summed E-state index contributed by atoms with van der Waals surface area (Å²) < 4.78 is 6.96. The molecule has 2 heterocycles. The third-order valence-corrected chi connectivity index (χ3v) is 4.26. The number of halogens is 1. The number of rotatable bonds is 2. The third kappa shape index (κ3) is 2.31. The van der Waals surface area contributed by atoms with Crippen molar-refractivity contribution in [2.24, 2.45) is 0 Å². The fraction of sp³-hybridized carbons (Fsp3) is 0.357. The van der Waals surface area contributed by atoms with E-state index in [0.29, 0.717) is 17.5 Å². The number of nitrogens with one attached hydrogen (secondary N) is 1. The zero-order valence-corrected chi connectivity index (χ0v) is 12.9. The number of nitrogens with zero attached hydrogens (tertiary/aromatic N) is 1. The molecule has 0 spiro atoms. The lowest BCUT2D eigenvalue weighted by Gasteiger charge is -2.26. The predicted molar refractivity (Wildman–Crippen MR) is 80.5 cm³/mol. The van der Waals surface area contributed by atoms with Gasteiger partial charge in [-0.15, -0.1) is 0 Å². The molecule has 1 aromatic carbocycles. The van der Waals surface area contributed by atoms with Gasteiger partial charge >= 0.3 is 17.1 Å². The molecule has 1 aliphatic rings. The molecule has 0 aliphatic carbocycles. The van der Waals surface area contributed by atoms with E-state index in [1.165, 1.54) is 11.7 Å². The van der Waals surface area contributed by atoms with Crippen molar-refractivity contribution in [3.8, 4) is 0 Å². The van der Waals surface area contributed by atoms with Crippen LogP contribution in [0.4, 0.5) is 0 Å². The summed E-state index contributed by atoms with van der Waals surface area (Å²) in [5, 5.41) is 0. The average molecular weight is 353 g/mol. The molecular formula is C14H13BrN2O4. The molecule has 1 aromatic heterocycles. The fourth-order valence-electron chi connectivity index (χ4n) is 2.88. The Hall–Kier alpha value is -1.89. The van der Waals surface area contributed by atoms with Gasteiger partial charge in [-0.25, -0.2) is 0 Å². The first-order valence-corrected chi connectivity index (χ1v) is 7.34. The Kier molecular flexibility index (Phi) is 3.44. The van der Waals surface area contributed by atoms with Gasteiger partial charge in [0.2, 0.25) is 0 Å². The normalized spacial score (nSPS) is 17.0. The van der Waals surface area contributed by atoms with Gasteiger partial charge in [0.25, 0.3) is 0 Å². The molecule has 1 aliphatic heterocycles. The number of hydrogen-bond acceptors (Lipinski definition) is 4. The minimum atomic E-state index is -0.677. The number of esters is 1. The Bertz CT molecular complexity index is 852. The van der Waals surface area contributed by atoms with Gasteiger partial charge < -0.3 is 9.72 Å². The molecule has 7 heteroatoms. The molecule has 1 N–H and O–H groups in total. The van der Waals surface area contributed by atoms with E-state index in [2.05, 4.69) is 25.7 Å².